The summed E-state index contributed by atoms with van der Waals surface area (Å²) in [6, 6.07) is 13.5. The van der Waals surface area contributed by atoms with E-state index in [4.69, 9.17) is 0 Å². The van der Waals surface area contributed by atoms with Gasteiger partial charge in [0.2, 0.25) is 11.8 Å². The van der Waals surface area contributed by atoms with Crippen molar-refractivity contribution in [3.63, 3.8) is 0 Å². The highest BCUT2D eigenvalue weighted by Crippen LogP contribution is 2.41. The first kappa shape index (κ1) is 21.0. The van der Waals surface area contributed by atoms with Gasteiger partial charge in [-0.3, -0.25) is 9.59 Å². The highest BCUT2D eigenvalue weighted by atomic mass is 19.1. The van der Waals surface area contributed by atoms with E-state index in [9.17, 15) is 14.0 Å². The van der Waals surface area contributed by atoms with Crippen LogP contribution in [-0.2, 0) is 15.0 Å². The minimum absolute atomic E-state index is 0.0427. The summed E-state index contributed by atoms with van der Waals surface area (Å²) in [7, 11) is 3.93. The topological polar surface area (TPSA) is 52.7 Å². The van der Waals surface area contributed by atoms with Crippen LogP contribution in [0.25, 0.3) is 0 Å². The van der Waals surface area contributed by atoms with Gasteiger partial charge in [0, 0.05) is 5.69 Å². The van der Waals surface area contributed by atoms with Crippen LogP contribution in [0, 0.1) is 5.82 Å². The molecule has 0 spiro atoms. The summed E-state index contributed by atoms with van der Waals surface area (Å²) in [5.74, 6) is -0.632. The van der Waals surface area contributed by atoms with E-state index in [1.807, 2.05) is 57.1 Å². The average molecular weight is 397 g/mol. The second-order valence-corrected chi connectivity index (χ2v) is 8.30. The minimum Gasteiger partial charge on any atom is -0.348 e. The molecule has 1 atom stereocenters. The van der Waals surface area contributed by atoms with Crippen LogP contribution in [0.15, 0.2) is 48.5 Å². The van der Waals surface area contributed by atoms with E-state index in [1.54, 1.807) is 17.0 Å². The molecule has 1 aliphatic rings. The molecule has 2 aromatic rings. The highest BCUT2D eigenvalue weighted by molar-refractivity contribution is 6.10. The van der Waals surface area contributed by atoms with E-state index in [-0.39, 0.29) is 30.2 Å². The summed E-state index contributed by atoms with van der Waals surface area (Å²) in [5, 5.41) is 3.03. The van der Waals surface area contributed by atoms with Crippen molar-refractivity contribution in [1.82, 2.24) is 10.2 Å². The molecule has 0 aromatic heterocycles. The van der Waals surface area contributed by atoms with Crippen LogP contribution in [0.4, 0.5) is 10.1 Å². The molecule has 1 N–H and O–H groups in total. The maximum absolute atomic E-state index is 13.3. The number of halogens is 1. The molecule has 2 aromatic carbocycles. The van der Waals surface area contributed by atoms with Crippen LogP contribution in [-0.4, -0.2) is 43.9 Å². The van der Waals surface area contributed by atoms with Crippen molar-refractivity contribution in [2.24, 2.45) is 0 Å². The normalized spacial score (nSPS) is 16.1. The lowest BCUT2D eigenvalue weighted by molar-refractivity contribution is -0.126. The van der Waals surface area contributed by atoms with Crippen molar-refractivity contribution < 1.29 is 14.0 Å². The van der Waals surface area contributed by atoms with Crippen LogP contribution < -0.4 is 10.2 Å². The van der Waals surface area contributed by atoms with E-state index in [1.165, 1.54) is 12.1 Å². The van der Waals surface area contributed by atoms with Crippen LogP contribution in [0.5, 0.6) is 0 Å². The number of rotatable bonds is 7. The summed E-state index contributed by atoms with van der Waals surface area (Å²) in [6.07, 6.45) is 0.681. The molecule has 5 nitrogen and oxygen atoms in total. The van der Waals surface area contributed by atoms with Gasteiger partial charge >= 0.3 is 0 Å². The Balaban J connectivity index is 1.76. The van der Waals surface area contributed by atoms with E-state index < -0.39 is 5.41 Å². The molecule has 0 bridgehead atoms. The molecular weight excluding hydrogens is 369 g/mol. The number of carbonyl (C=O) groups is 2. The zero-order valence-electron chi connectivity index (χ0n) is 17.4. The molecule has 154 valence electrons. The third-order valence-corrected chi connectivity index (χ3v) is 5.42. The lowest BCUT2D eigenvalue weighted by Gasteiger charge is -2.24. The van der Waals surface area contributed by atoms with Crippen molar-refractivity contribution in [2.75, 3.05) is 32.1 Å². The Morgan fingerprint density at radius 2 is 1.79 bits per heavy atom. The van der Waals surface area contributed by atoms with Gasteiger partial charge in [0.05, 0.1) is 11.5 Å². The Morgan fingerprint density at radius 3 is 2.45 bits per heavy atom. The van der Waals surface area contributed by atoms with Gasteiger partial charge in [0.25, 0.3) is 0 Å². The van der Waals surface area contributed by atoms with Gasteiger partial charge in [-0.1, -0.05) is 30.3 Å². The fourth-order valence-electron chi connectivity index (χ4n) is 3.74. The van der Waals surface area contributed by atoms with Gasteiger partial charge in [-0.25, -0.2) is 4.39 Å². The van der Waals surface area contributed by atoms with Crippen molar-refractivity contribution >= 4 is 17.5 Å². The van der Waals surface area contributed by atoms with Crippen LogP contribution in [0.3, 0.4) is 0 Å². The molecule has 0 saturated carbocycles. The molecule has 2 amide bonds. The molecule has 1 aliphatic heterocycles. The third-order valence-electron chi connectivity index (χ3n) is 5.42. The maximum Gasteiger partial charge on any atom is 0.240 e. The zero-order chi connectivity index (χ0) is 21.2. The van der Waals surface area contributed by atoms with Gasteiger partial charge in [0.15, 0.2) is 0 Å². The Labute approximate surface area is 171 Å². The average Bonchev–Trinajstić information content (AvgIpc) is 2.87. The van der Waals surface area contributed by atoms with E-state index in [0.29, 0.717) is 6.42 Å². The summed E-state index contributed by atoms with van der Waals surface area (Å²) in [5.41, 5.74) is 1.90. The number of nitrogens with zero attached hydrogens (tertiary/aromatic N) is 2. The fourth-order valence-corrected chi connectivity index (χ4v) is 3.74. The lowest BCUT2D eigenvalue weighted by Crippen LogP contribution is -2.44. The minimum atomic E-state index is -0.655. The molecule has 0 radical (unpaired) electrons. The largest absolute Gasteiger partial charge is 0.348 e. The number of hydrogen-bond acceptors (Lipinski definition) is 3. The molecule has 0 fully saturated rings. The first-order chi connectivity index (χ1) is 13.7. The zero-order valence-corrected chi connectivity index (χ0v) is 17.4. The number of fused-ring (bicyclic) bond motifs is 1. The Bertz CT molecular complexity index is 893. The van der Waals surface area contributed by atoms with Crippen LogP contribution in [0.1, 0.15) is 37.4 Å². The number of anilines is 1. The van der Waals surface area contributed by atoms with Crippen molar-refractivity contribution in [2.45, 2.75) is 31.7 Å². The standard InChI is InChI=1S/C23H28FN3O2/c1-23(2)18-7-5-6-8-20(18)27(22(23)29)15-21(28)25-19(13-14-26(3)4)16-9-11-17(24)12-10-16/h5-12,19H,13-15H2,1-4H3,(H,25,28). The number of carbonyl (C=O) groups excluding carboxylic acids is 2. The summed E-state index contributed by atoms with van der Waals surface area (Å²) < 4.78 is 13.3. The predicted molar refractivity (Wildman–Crippen MR) is 112 cm³/mol. The first-order valence-corrected chi connectivity index (χ1v) is 9.81. The van der Waals surface area contributed by atoms with Gasteiger partial charge < -0.3 is 15.1 Å². The van der Waals surface area contributed by atoms with Crippen LogP contribution in [0.2, 0.25) is 0 Å². The van der Waals surface area contributed by atoms with E-state index in [0.717, 1.165) is 23.4 Å². The van der Waals surface area contributed by atoms with E-state index >= 15 is 0 Å². The first-order valence-electron chi connectivity index (χ1n) is 9.81. The van der Waals surface area contributed by atoms with Crippen LogP contribution >= 0.6 is 0 Å². The predicted octanol–water partition coefficient (Wildman–Crippen LogP) is 3.26. The molecule has 1 unspecified atom stereocenters. The van der Waals surface area contributed by atoms with E-state index in [2.05, 4.69) is 5.32 Å². The molecule has 29 heavy (non-hydrogen) atoms. The third kappa shape index (κ3) is 4.48. The molecule has 6 heteroatoms. The summed E-state index contributed by atoms with van der Waals surface area (Å²) in [4.78, 5) is 29.4. The Morgan fingerprint density at radius 1 is 1.14 bits per heavy atom. The second-order valence-electron chi connectivity index (χ2n) is 8.30. The van der Waals surface area contributed by atoms with Crippen molar-refractivity contribution in [3.8, 4) is 0 Å². The van der Waals surface area contributed by atoms with Crippen molar-refractivity contribution in [3.05, 3.63) is 65.5 Å². The quantitative estimate of drug-likeness (QED) is 0.780. The summed E-state index contributed by atoms with van der Waals surface area (Å²) >= 11 is 0. The SMILES string of the molecule is CN(C)CCC(NC(=O)CN1C(=O)C(C)(C)c2ccccc21)c1ccc(F)cc1. The second kappa shape index (κ2) is 8.33. The molecule has 3 rings (SSSR count). The maximum atomic E-state index is 13.3. The molecular formula is C23H28FN3O2. The Kier molecular flexibility index (Phi) is 6.03. The monoisotopic (exact) mass is 397 g/mol. The number of para-hydroxylation sites is 1. The lowest BCUT2D eigenvalue weighted by atomic mass is 9.86. The highest BCUT2D eigenvalue weighted by Gasteiger charge is 2.44. The number of hydrogen-bond donors (Lipinski definition) is 1. The summed E-state index contributed by atoms with van der Waals surface area (Å²) in [6.45, 7) is 4.48. The number of nitrogens with one attached hydrogen (secondary N) is 1. The van der Waals surface area contributed by atoms with Gasteiger partial charge in [-0.15, -0.1) is 0 Å². The molecule has 1 heterocycles. The van der Waals surface area contributed by atoms with Crippen molar-refractivity contribution in [1.29, 1.82) is 0 Å². The number of amides is 2. The molecule has 0 aliphatic carbocycles. The van der Waals surface area contributed by atoms with Gasteiger partial charge in [-0.2, -0.15) is 0 Å². The Hall–Kier alpha value is -2.73. The number of benzene rings is 2. The smallest absolute Gasteiger partial charge is 0.240 e. The van der Waals surface area contributed by atoms with Gasteiger partial charge in [-0.05, 0) is 70.2 Å². The molecule has 0 saturated heterocycles. The van der Waals surface area contributed by atoms with Gasteiger partial charge in [0.1, 0.15) is 12.4 Å². The fraction of sp³-hybridized carbons (Fsp3) is 0.391.